The first-order chi connectivity index (χ1) is 18.9. The first kappa shape index (κ1) is 27.9. The summed E-state index contributed by atoms with van der Waals surface area (Å²) in [5.41, 5.74) is 4.13. The molecule has 0 saturated heterocycles. The zero-order chi connectivity index (χ0) is 27.6. The van der Waals surface area contributed by atoms with E-state index in [1.807, 2.05) is 74.5 Å². The fraction of sp³-hybridized carbons (Fsp3) is 0.265. The number of amides is 1. The van der Waals surface area contributed by atoms with Crippen LogP contribution in [0.3, 0.4) is 0 Å². The molecule has 0 aromatic heterocycles. The van der Waals surface area contributed by atoms with E-state index in [-0.39, 0.29) is 36.1 Å². The lowest BCUT2D eigenvalue weighted by Gasteiger charge is -2.22. The maximum Gasteiger partial charge on any atom is 0.220 e. The van der Waals surface area contributed by atoms with Crippen molar-refractivity contribution in [2.45, 2.75) is 44.6 Å². The molecule has 0 unspecified atom stereocenters. The highest BCUT2D eigenvalue weighted by Gasteiger charge is 2.21. The molecular weight excluding hydrogens is 489 g/mol. The van der Waals surface area contributed by atoms with Crippen LogP contribution in [0.15, 0.2) is 103 Å². The lowest BCUT2D eigenvalue weighted by Crippen LogP contribution is -2.27. The summed E-state index contributed by atoms with van der Waals surface area (Å²) in [7, 11) is 1.68. The number of hydrogen-bond acceptors (Lipinski definition) is 3. The maximum atomic E-state index is 13.6. The van der Waals surface area contributed by atoms with E-state index in [1.54, 1.807) is 19.2 Å². The number of carbonyl (C=O) groups excluding carboxylic acids is 1. The van der Waals surface area contributed by atoms with Crippen molar-refractivity contribution in [1.29, 1.82) is 0 Å². The molecule has 0 aliphatic rings. The fourth-order valence-electron chi connectivity index (χ4n) is 4.93. The van der Waals surface area contributed by atoms with Crippen molar-refractivity contribution >= 4 is 5.91 Å². The Hall–Kier alpha value is -4.12. The van der Waals surface area contributed by atoms with Crippen LogP contribution in [0.2, 0.25) is 0 Å². The van der Waals surface area contributed by atoms with Crippen LogP contribution >= 0.6 is 0 Å². The van der Waals surface area contributed by atoms with Gasteiger partial charge in [0.05, 0.1) is 13.2 Å². The van der Waals surface area contributed by atoms with Crippen molar-refractivity contribution in [2.24, 2.45) is 0 Å². The van der Waals surface area contributed by atoms with E-state index in [0.29, 0.717) is 13.0 Å². The Morgan fingerprint density at radius 2 is 1.36 bits per heavy atom. The lowest BCUT2D eigenvalue weighted by atomic mass is 9.87. The average Bonchev–Trinajstić information content (AvgIpc) is 2.95. The molecule has 202 valence electrons. The van der Waals surface area contributed by atoms with Crippen LogP contribution in [-0.4, -0.2) is 25.7 Å². The molecule has 1 amide bonds. The smallest absolute Gasteiger partial charge is 0.220 e. The monoisotopic (exact) mass is 525 g/mol. The van der Waals surface area contributed by atoms with Gasteiger partial charge in [0.15, 0.2) is 0 Å². The van der Waals surface area contributed by atoms with Gasteiger partial charge in [-0.1, -0.05) is 72.8 Å². The summed E-state index contributed by atoms with van der Waals surface area (Å²) < 4.78 is 25.1. The number of carbonyl (C=O) groups is 1. The topological polar surface area (TPSA) is 47.6 Å². The number of methoxy groups -OCH3 is 1. The van der Waals surface area contributed by atoms with Crippen molar-refractivity contribution < 1.29 is 18.7 Å². The summed E-state index contributed by atoms with van der Waals surface area (Å²) in [6.45, 7) is 4.51. The van der Waals surface area contributed by atoms with Gasteiger partial charge in [-0.25, -0.2) is 4.39 Å². The van der Waals surface area contributed by atoms with Gasteiger partial charge in [0, 0.05) is 30.4 Å². The van der Waals surface area contributed by atoms with Crippen LogP contribution < -0.4 is 14.8 Å². The van der Waals surface area contributed by atoms with Gasteiger partial charge >= 0.3 is 0 Å². The third-order valence-electron chi connectivity index (χ3n) is 6.79. The third-order valence-corrected chi connectivity index (χ3v) is 6.79. The van der Waals surface area contributed by atoms with Crippen molar-refractivity contribution in [3.05, 3.63) is 131 Å². The van der Waals surface area contributed by atoms with Gasteiger partial charge in [0.1, 0.15) is 17.3 Å². The van der Waals surface area contributed by atoms with Crippen LogP contribution in [0, 0.1) is 5.82 Å². The first-order valence-electron chi connectivity index (χ1n) is 13.4. The molecule has 1 N–H and O–H groups in total. The Labute approximate surface area is 230 Å². The zero-order valence-corrected chi connectivity index (χ0v) is 22.8. The summed E-state index contributed by atoms with van der Waals surface area (Å²) in [6, 6.07) is 32.4. The Bertz CT molecular complexity index is 1320. The van der Waals surface area contributed by atoms with Crippen molar-refractivity contribution in [2.75, 3.05) is 13.7 Å². The number of nitrogens with one attached hydrogen (secondary N) is 1. The zero-order valence-electron chi connectivity index (χ0n) is 22.8. The fourth-order valence-corrected chi connectivity index (χ4v) is 4.93. The molecule has 4 rings (SSSR count). The van der Waals surface area contributed by atoms with E-state index in [4.69, 9.17) is 9.47 Å². The highest BCUT2D eigenvalue weighted by molar-refractivity contribution is 5.77. The maximum absolute atomic E-state index is 13.6. The molecule has 4 aromatic carbocycles. The molecule has 0 heterocycles. The molecule has 0 aliphatic heterocycles. The Kier molecular flexibility index (Phi) is 9.74. The highest BCUT2D eigenvalue weighted by Crippen LogP contribution is 2.35. The summed E-state index contributed by atoms with van der Waals surface area (Å²) in [5.74, 6) is 1.17. The summed E-state index contributed by atoms with van der Waals surface area (Å²) in [5, 5.41) is 3.13. The van der Waals surface area contributed by atoms with E-state index in [2.05, 4.69) is 23.5 Å². The molecule has 2 atom stereocenters. The number of hydrogen-bond donors (Lipinski definition) is 1. The van der Waals surface area contributed by atoms with Gasteiger partial charge in [-0.3, -0.25) is 4.79 Å². The molecule has 4 aromatic rings. The third kappa shape index (κ3) is 7.70. The van der Waals surface area contributed by atoms with Crippen molar-refractivity contribution in [1.82, 2.24) is 5.32 Å². The van der Waals surface area contributed by atoms with E-state index in [0.717, 1.165) is 33.8 Å². The molecular formula is C34H36FNO3. The number of ether oxygens (including phenoxy) is 2. The van der Waals surface area contributed by atoms with Crippen LogP contribution in [0.5, 0.6) is 11.5 Å². The minimum absolute atomic E-state index is 0.0246. The van der Waals surface area contributed by atoms with Crippen molar-refractivity contribution in [3.63, 3.8) is 0 Å². The van der Waals surface area contributed by atoms with Crippen LogP contribution in [0.1, 0.15) is 60.8 Å². The molecule has 39 heavy (non-hydrogen) atoms. The minimum atomic E-state index is -0.291. The standard InChI is InChI=1S/C34H36FNO3/c1-24(2)39-29-19-15-26(16-20-29)30(31-11-7-8-12-33(31)38-3)21-22-36-34(37)23-32(25-9-5-4-6-10-25)27-13-17-28(35)18-14-27/h4-20,24,30,32H,21-23H2,1-3H3,(H,36,37)/t30-,32-/m1/s1. The SMILES string of the molecule is COc1ccccc1[C@H](CCNC(=O)C[C@H](c1ccccc1)c1ccc(F)cc1)c1ccc(OC(C)C)cc1. The van der Waals surface area contributed by atoms with Gasteiger partial charge < -0.3 is 14.8 Å². The van der Waals surface area contributed by atoms with E-state index in [9.17, 15) is 9.18 Å². The highest BCUT2D eigenvalue weighted by atomic mass is 19.1. The Balaban J connectivity index is 1.49. The number of para-hydroxylation sites is 1. The molecule has 0 fully saturated rings. The Morgan fingerprint density at radius 1 is 0.769 bits per heavy atom. The van der Waals surface area contributed by atoms with Crippen LogP contribution in [0.4, 0.5) is 4.39 Å². The van der Waals surface area contributed by atoms with Gasteiger partial charge in [0.25, 0.3) is 0 Å². The second-order valence-electron chi connectivity index (χ2n) is 9.89. The lowest BCUT2D eigenvalue weighted by molar-refractivity contribution is -0.121. The molecule has 0 aliphatic carbocycles. The molecule has 0 spiro atoms. The molecule has 0 bridgehead atoms. The number of halogens is 1. The predicted octanol–water partition coefficient (Wildman–Crippen LogP) is 7.48. The minimum Gasteiger partial charge on any atom is -0.496 e. The normalized spacial score (nSPS) is 12.5. The molecule has 4 nitrogen and oxygen atoms in total. The van der Waals surface area contributed by atoms with E-state index in [1.165, 1.54) is 12.1 Å². The van der Waals surface area contributed by atoms with Crippen LogP contribution in [0.25, 0.3) is 0 Å². The molecule has 5 heteroatoms. The van der Waals surface area contributed by atoms with Crippen LogP contribution in [-0.2, 0) is 4.79 Å². The molecule has 0 saturated carbocycles. The van der Waals surface area contributed by atoms with Gasteiger partial charge in [-0.2, -0.15) is 0 Å². The van der Waals surface area contributed by atoms with E-state index >= 15 is 0 Å². The predicted molar refractivity (Wildman–Crippen MR) is 154 cm³/mol. The van der Waals surface area contributed by atoms with Crippen molar-refractivity contribution in [3.8, 4) is 11.5 Å². The summed E-state index contributed by atoms with van der Waals surface area (Å²) >= 11 is 0. The largest absolute Gasteiger partial charge is 0.496 e. The molecule has 0 radical (unpaired) electrons. The second-order valence-corrected chi connectivity index (χ2v) is 9.89. The summed E-state index contributed by atoms with van der Waals surface area (Å²) in [4.78, 5) is 13.2. The van der Waals surface area contributed by atoms with Gasteiger partial charge in [-0.05, 0) is 67.3 Å². The summed E-state index contributed by atoms with van der Waals surface area (Å²) in [6.07, 6.45) is 1.07. The van der Waals surface area contributed by atoms with Gasteiger partial charge in [-0.15, -0.1) is 0 Å². The first-order valence-corrected chi connectivity index (χ1v) is 13.4. The van der Waals surface area contributed by atoms with Gasteiger partial charge in [0.2, 0.25) is 5.91 Å². The number of rotatable bonds is 12. The second kappa shape index (κ2) is 13.6. The Morgan fingerprint density at radius 3 is 2.03 bits per heavy atom. The number of benzene rings is 4. The quantitative estimate of drug-likeness (QED) is 0.209. The average molecular weight is 526 g/mol. The van der Waals surface area contributed by atoms with E-state index < -0.39 is 0 Å².